The molecule has 3 fully saturated rings. The molecular formula is C18H29NO5. The number of nitrogens with one attached hydrogen (secondary N) is 1. The molecule has 3 rings (SSSR count). The van der Waals surface area contributed by atoms with Crippen molar-refractivity contribution in [2.75, 3.05) is 20.8 Å². The topological polar surface area (TPSA) is 72.6 Å². The average molecular weight is 339 g/mol. The molecule has 0 aromatic rings. The van der Waals surface area contributed by atoms with Gasteiger partial charge in [-0.1, -0.05) is 11.6 Å². The van der Waals surface area contributed by atoms with Crippen molar-refractivity contribution >= 4 is 6.09 Å². The number of hydrogen-bond donors (Lipinski definition) is 1. The van der Waals surface area contributed by atoms with Gasteiger partial charge in [0, 0.05) is 14.2 Å². The van der Waals surface area contributed by atoms with Crippen molar-refractivity contribution in [3.05, 3.63) is 11.6 Å². The van der Waals surface area contributed by atoms with Crippen LogP contribution in [0.1, 0.15) is 40.0 Å². The Hall–Kier alpha value is -1.11. The third-order valence-corrected chi connectivity index (χ3v) is 5.70. The van der Waals surface area contributed by atoms with E-state index in [0.717, 1.165) is 25.9 Å². The third kappa shape index (κ3) is 3.07. The number of amides is 1. The fraction of sp³-hybridized carbons (Fsp3) is 0.833. The summed E-state index contributed by atoms with van der Waals surface area (Å²) in [6, 6.07) is 0. The van der Waals surface area contributed by atoms with Crippen molar-refractivity contribution in [2.45, 2.75) is 69.5 Å². The molecule has 1 saturated carbocycles. The minimum absolute atomic E-state index is 0.0639. The van der Waals surface area contributed by atoms with Gasteiger partial charge in [-0.05, 0) is 40.0 Å². The highest BCUT2D eigenvalue weighted by Gasteiger charge is 2.72. The monoisotopic (exact) mass is 339 g/mol. The summed E-state index contributed by atoms with van der Waals surface area (Å²) in [5, 5.41) is 2.52. The molecule has 1 aliphatic carbocycles. The number of hydrogen-bond acceptors (Lipinski definition) is 5. The second-order valence-electron chi connectivity index (χ2n) is 7.57. The Morgan fingerprint density at radius 1 is 1.42 bits per heavy atom. The lowest BCUT2D eigenvalue weighted by molar-refractivity contribution is -0.117. The largest absolute Gasteiger partial charge is 0.443 e. The van der Waals surface area contributed by atoms with Crippen LogP contribution in [-0.4, -0.2) is 56.4 Å². The van der Waals surface area contributed by atoms with Crippen molar-refractivity contribution in [2.24, 2.45) is 5.92 Å². The smallest absolute Gasteiger partial charge is 0.407 e. The maximum Gasteiger partial charge on any atom is 0.407 e. The zero-order valence-corrected chi connectivity index (χ0v) is 15.3. The number of epoxide rings is 2. The summed E-state index contributed by atoms with van der Waals surface area (Å²) in [5.74, 6) is 0.0639. The van der Waals surface area contributed by atoms with Gasteiger partial charge in [0.2, 0.25) is 0 Å². The summed E-state index contributed by atoms with van der Waals surface area (Å²) in [7, 11) is 3.24. The SMILES string of the molecule is CNC(=O)OC1CCC2(CO2)C(C2(C)OC2CC=C(C)C)C1OC. The molecule has 0 bridgehead atoms. The molecule has 1 spiro atoms. The molecule has 1 amide bonds. The molecule has 3 aliphatic rings. The number of carbonyl (C=O) groups is 1. The summed E-state index contributed by atoms with van der Waals surface area (Å²) >= 11 is 0. The maximum absolute atomic E-state index is 11.7. The Morgan fingerprint density at radius 2 is 2.12 bits per heavy atom. The second-order valence-corrected chi connectivity index (χ2v) is 7.57. The highest BCUT2D eigenvalue weighted by atomic mass is 16.6. The van der Waals surface area contributed by atoms with Gasteiger partial charge in [0.15, 0.2) is 0 Å². The number of alkyl carbamates (subject to hydrolysis) is 1. The standard InChI is InChI=1S/C18H29NO5/c1-11(2)6-7-13-17(3,24-13)15-14(21-5)12(23-16(20)19-4)8-9-18(15)10-22-18/h6,12-15H,7-10H2,1-5H3,(H,19,20). The molecule has 2 aliphatic heterocycles. The molecule has 0 aromatic carbocycles. The van der Waals surface area contributed by atoms with Crippen LogP contribution in [0, 0.1) is 5.92 Å². The van der Waals surface area contributed by atoms with Crippen LogP contribution in [0.25, 0.3) is 0 Å². The quantitative estimate of drug-likeness (QED) is 0.615. The van der Waals surface area contributed by atoms with Crippen LogP contribution in [0.3, 0.4) is 0 Å². The van der Waals surface area contributed by atoms with Crippen LogP contribution in [0.5, 0.6) is 0 Å². The van der Waals surface area contributed by atoms with Crippen LogP contribution in [0.4, 0.5) is 4.79 Å². The van der Waals surface area contributed by atoms with Gasteiger partial charge in [-0.3, -0.25) is 0 Å². The number of allylic oxidation sites excluding steroid dienone is 1. The molecule has 6 heteroatoms. The second kappa shape index (κ2) is 6.32. The van der Waals surface area contributed by atoms with E-state index in [0.29, 0.717) is 0 Å². The number of rotatable bonds is 5. The Morgan fingerprint density at radius 3 is 2.67 bits per heavy atom. The summed E-state index contributed by atoms with van der Waals surface area (Å²) in [4.78, 5) is 11.7. The van der Waals surface area contributed by atoms with Gasteiger partial charge in [0.1, 0.15) is 23.4 Å². The molecule has 6 nitrogen and oxygen atoms in total. The van der Waals surface area contributed by atoms with Crippen molar-refractivity contribution in [3.8, 4) is 0 Å². The van der Waals surface area contributed by atoms with Crippen LogP contribution >= 0.6 is 0 Å². The van der Waals surface area contributed by atoms with E-state index >= 15 is 0 Å². The van der Waals surface area contributed by atoms with E-state index in [1.54, 1.807) is 14.2 Å². The number of carbonyl (C=O) groups excluding carboxylic acids is 1. The van der Waals surface area contributed by atoms with E-state index in [9.17, 15) is 4.79 Å². The fourth-order valence-corrected chi connectivity index (χ4v) is 4.27. The molecule has 6 atom stereocenters. The van der Waals surface area contributed by atoms with Gasteiger partial charge in [0.05, 0.1) is 18.6 Å². The van der Waals surface area contributed by atoms with Crippen molar-refractivity contribution in [3.63, 3.8) is 0 Å². The fourth-order valence-electron chi connectivity index (χ4n) is 4.27. The van der Waals surface area contributed by atoms with Gasteiger partial charge in [-0.2, -0.15) is 0 Å². The molecule has 6 unspecified atom stereocenters. The van der Waals surface area contributed by atoms with Gasteiger partial charge < -0.3 is 24.3 Å². The van der Waals surface area contributed by atoms with E-state index in [4.69, 9.17) is 18.9 Å². The predicted molar refractivity (Wildman–Crippen MR) is 88.9 cm³/mol. The summed E-state index contributed by atoms with van der Waals surface area (Å²) in [6.45, 7) is 7.06. The first-order valence-corrected chi connectivity index (χ1v) is 8.72. The van der Waals surface area contributed by atoms with E-state index in [1.165, 1.54) is 5.57 Å². The average Bonchev–Trinajstić information content (AvgIpc) is 3.45. The number of methoxy groups -OCH3 is 1. The molecule has 24 heavy (non-hydrogen) atoms. The summed E-state index contributed by atoms with van der Waals surface area (Å²) in [6.07, 6.45) is 3.96. The zero-order valence-electron chi connectivity index (χ0n) is 15.3. The molecule has 0 radical (unpaired) electrons. The van der Waals surface area contributed by atoms with Crippen molar-refractivity contribution in [1.29, 1.82) is 0 Å². The van der Waals surface area contributed by atoms with Gasteiger partial charge >= 0.3 is 6.09 Å². The molecular weight excluding hydrogens is 310 g/mol. The minimum atomic E-state index is -0.420. The van der Waals surface area contributed by atoms with Gasteiger partial charge in [-0.25, -0.2) is 4.79 Å². The Kier molecular flexibility index (Phi) is 4.66. The molecule has 136 valence electrons. The molecule has 2 saturated heterocycles. The van der Waals surface area contributed by atoms with E-state index in [1.807, 2.05) is 0 Å². The van der Waals surface area contributed by atoms with Crippen LogP contribution in [0.15, 0.2) is 11.6 Å². The van der Waals surface area contributed by atoms with Crippen molar-refractivity contribution in [1.82, 2.24) is 5.32 Å². The van der Waals surface area contributed by atoms with E-state index in [-0.39, 0.29) is 35.4 Å². The first kappa shape index (κ1) is 17.7. The Labute approximate surface area is 143 Å². The molecule has 0 aromatic heterocycles. The summed E-state index contributed by atoms with van der Waals surface area (Å²) in [5.41, 5.74) is 0.809. The third-order valence-electron chi connectivity index (χ3n) is 5.70. The van der Waals surface area contributed by atoms with Crippen LogP contribution in [0.2, 0.25) is 0 Å². The maximum atomic E-state index is 11.7. The highest BCUT2D eigenvalue weighted by Crippen LogP contribution is 2.59. The lowest BCUT2D eigenvalue weighted by Gasteiger charge is -2.42. The van der Waals surface area contributed by atoms with Crippen molar-refractivity contribution < 1.29 is 23.7 Å². The van der Waals surface area contributed by atoms with Gasteiger partial charge in [-0.15, -0.1) is 0 Å². The Balaban J connectivity index is 1.78. The predicted octanol–water partition coefficient (Wildman–Crippen LogP) is 2.42. The molecule has 1 N–H and O–H groups in total. The minimum Gasteiger partial charge on any atom is -0.443 e. The summed E-state index contributed by atoms with van der Waals surface area (Å²) < 4.78 is 23.3. The first-order valence-electron chi connectivity index (χ1n) is 8.72. The highest BCUT2D eigenvalue weighted by molar-refractivity contribution is 5.67. The number of ether oxygens (including phenoxy) is 4. The first-order chi connectivity index (χ1) is 11.4. The van der Waals surface area contributed by atoms with E-state index in [2.05, 4.69) is 32.2 Å². The lowest BCUT2D eigenvalue weighted by Crippen LogP contribution is -2.56. The molecule has 2 heterocycles. The van der Waals surface area contributed by atoms with Crippen LogP contribution in [-0.2, 0) is 18.9 Å². The van der Waals surface area contributed by atoms with Crippen LogP contribution < -0.4 is 5.32 Å². The normalized spacial score (nSPS) is 43.2. The lowest BCUT2D eigenvalue weighted by atomic mass is 9.68. The van der Waals surface area contributed by atoms with E-state index < -0.39 is 6.09 Å². The zero-order chi connectivity index (χ0) is 17.5. The Bertz CT molecular complexity index is 526. The van der Waals surface area contributed by atoms with Gasteiger partial charge in [0.25, 0.3) is 0 Å².